The van der Waals surface area contributed by atoms with Crippen LogP contribution < -0.4 is 9.47 Å². The van der Waals surface area contributed by atoms with Crippen molar-refractivity contribution in [3.63, 3.8) is 0 Å². The van der Waals surface area contributed by atoms with Crippen LogP contribution in [0.1, 0.15) is 32.3 Å². The van der Waals surface area contributed by atoms with E-state index in [-0.39, 0.29) is 12.5 Å². The first-order valence-electron chi connectivity index (χ1n) is 7.85. The van der Waals surface area contributed by atoms with Crippen molar-refractivity contribution in [1.29, 1.82) is 0 Å². The number of nitrogens with zero attached hydrogens (tertiary/aromatic N) is 1. The topological polar surface area (TPSA) is 38.8 Å². The molecule has 1 aliphatic heterocycles. The quantitative estimate of drug-likeness (QED) is 0.837. The highest BCUT2D eigenvalue weighted by Gasteiger charge is 2.21. The molecular weight excluding hydrogens is 278 g/mol. The number of likely N-dealkylation sites (tertiary alicyclic amines) is 1. The lowest BCUT2D eigenvalue weighted by molar-refractivity contribution is -0.135. The van der Waals surface area contributed by atoms with Crippen molar-refractivity contribution in [3.8, 4) is 11.5 Å². The summed E-state index contributed by atoms with van der Waals surface area (Å²) in [5.74, 6) is 1.88. The number of amides is 1. The van der Waals surface area contributed by atoms with Crippen LogP contribution in [-0.4, -0.2) is 37.6 Å². The summed E-state index contributed by atoms with van der Waals surface area (Å²) in [6.07, 6.45) is 6.24. The van der Waals surface area contributed by atoms with E-state index >= 15 is 0 Å². The molecule has 0 spiro atoms. The Morgan fingerprint density at radius 2 is 2.23 bits per heavy atom. The van der Waals surface area contributed by atoms with Crippen molar-refractivity contribution in [2.45, 2.75) is 26.7 Å². The molecular formula is C18H25NO3. The van der Waals surface area contributed by atoms with Gasteiger partial charge in [0.1, 0.15) is 0 Å². The molecule has 2 rings (SSSR count). The number of ether oxygens (including phenoxy) is 2. The van der Waals surface area contributed by atoms with Crippen LogP contribution in [0.2, 0.25) is 0 Å². The minimum Gasteiger partial charge on any atom is -0.493 e. The van der Waals surface area contributed by atoms with Crippen LogP contribution in [0.3, 0.4) is 0 Å². The van der Waals surface area contributed by atoms with Crippen molar-refractivity contribution in [1.82, 2.24) is 4.90 Å². The summed E-state index contributed by atoms with van der Waals surface area (Å²) < 4.78 is 11.0. The van der Waals surface area contributed by atoms with Crippen LogP contribution in [0.15, 0.2) is 24.3 Å². The molecule has 0 radical (unpaired) electrons. The van der Waals surface area contributed by atoms with E-state index in [0.29, 0.717) is 17.4 Å². The molecule has 0 N–H and O–H groups in total. The normalized spacial score (nSPS) is 18.5. The van der Waals surface area contributed by atoms with E-state index in [1.54, 1.807) is 7.11 Å². The molecule has 1 saturated heterocycles. The van der Waals surface area contributed by atoms with Crippen LogP contribution in [0.4, 0.5) is 0 Å². The summed E-state index contributed by atoms with van der Waals surface area (Å²) in [5.41, 5.74) is 1.04. The average molecular weight is 303 g/mol. The van der Waals surface area contributed by atoms with Crippen molar-refractivity contribution in [2.24, 2.45) is 5.92 Å². The first-order valence-corrected chi connectivity index (χ1v) is 7.85. The highest BCUT2D eigenvalue weighted by molar-refractivity contribution is 5.78. The highest BCUT2D eigenvalue weighted by Crippen LogP contribution is 2.28. The van der Waals surface area contributed by atoms with Gasteiger partial charge in [0, 0.05) is 13.1 Å². The first-order chi connectivity index (χ1) is 10.6. The third kappa shape index (κ3) is 4.26. The number of allylic oxidation sites excluding steroid dienone is 1. The number of rotatable bonds is 5. The maximum Gasteiger partial charge on any atom is 0.260 e. The Bertz CT molecular complexity index is 539. The predicted molar refractivity (Wildman–Crippen MR) is 88.2 cm³/mol. The fraction of sp³-hybridized carbons (Fsp3) is 0.500. The molecule has 1 atom stereocenters. The standard InChI is InChI=1S/C18H25NO3/c1-4-6-15-8-9-16(17(11-15)21-3)22-13-18(20)19-10-5-7-14(2)12-19/h4,6,8-9,11,14H,5,7,10,12-13H2,1-3H3/b6-4+. The van der Waals surface area contributed by atoms with Gasteiger partial charge in [-0.15, -0.1) is 0 Å². The fourth-order valence-corrected chi connectivity index (χ4v) is 2.75. The minimum absolute atomic E-state index is 0.0473. The summed E-state index contributed by atoms with van der Waals surface area (Å²) in [5, 5.41) is 0. The molecule has 1 heterocycles. The summed E-state index contributed by atoms with van der Waals surface area (Å²) in [6, 6.07) is 5.70. The van der Waals surface area contributed by atoms with Gasteiger partial charge in [-0.05, 0) is 43.4 Å². The predicted octanol–water partition coefficient (Wildman–Crippen LogP) is 3.37. The Labute approximate surface area is 132 Å². The molecule has 120 valence electrons. The van der Waals surface area contributed by atoms with Gasteiger partial charge in [-0.25, -0.2) is 0 Å². The smallest absolute Gasteiger partial charge is 0.260 e. The van der Waals surface area contributed by atoms with Gasteiger partial charge < -0.3 is 14.4 Å². The van der Waals surface area contributed by atoms with Crippen molar-refractivity contribution < 1.29 is 14.3 Å². The monoisotopic (exact) mass is 303 g/mol. The number of benzene rings is 1. The largest absolute Gasteiger partial charge is 0.493 e. The zero-order valence-corrected chi connectivity index (χ0v) is 13.7. The maximum atomic E-state index is 12.2. The minimum atomic E-state index is 0.0473. The highest BCUT2D eigenvalue weighted by atomic mass is 16.5. The number of piperidine rings is 1. The van der Waals surface area contributed by atoms with Gasteiger partial charge in [0.15, 0.2) is 18.1 Å². The van der Waals surface area contributed by atoms with Crippen LogP contribution in [0, 0.1) is 5.92 Å². The molecule has 4 heteroatoms. The van der Waals surface area contributed by atoms with E-state index in [1.165, 1.54) is 6.42 Å². The number of carbonyl (C=O) groups is 1. The zero-order chi connectivity index (χ0) is 15.9. The Morgan fingerprint density at radius 3 is 2.91 bits per heavy atom. The molecule has 0 aliphatic carbocycles. The fourth-order valence-electron chi connectivity index (χ4n) is 2.75. The zero-order valence-electron chi connectivity index (χ0n) is 13.7. The molecule has 1 aromatic carbocycles. The number of carbonyl (C=O) groups excluding carboxylic acids is 1. The third-order valence-corrected chi connectivity index (χ3v) is 3.91. The molecule has 1 aliphatic rings. The number of hydrogen-bond acceptors (Lipinski definition) is 3. The van der Waals surface area contributed by atoms with Crippen LogP contribution >= 0.6 is 0 Å². The lowest BCUT2D eigenvalue weighted by Crippen LogP contribution is -2.41. The Balaban J connectivity index is 1.97. The lowest BCUT2D eigenvalue weighted by atomic mass is 10.0. The third-order valence-electron chi connectivity index (χ3n) is 3.91. The van der Waals surface area contributed by atoms with Gasteiger partial charge in [-0.3, -0.25) is 4.79 Å². The summed E-state index contributed by atoms with van der Waals surface area (Å²) in [4.78, 5) is 14.1. The molecule has 0 saturated carbocycles. The van der Waals surface area contributed by atoms with Gasteiger partial charge >= 0.3 is 0 Å². The lowest BCUT2D eigenvalue weighted by Gasteiger charge is -2.30. The van der Waals surface area contributed by atoms with E-state index in [1.807, 2.05) is 42.2 Å². The van der Waals surface area contributed by atoms with E-state index in [4.69, 9.17) is 9.47 Å². The second kappa shape index (κ2) is 7.87. The molecule has 4 nitrogen and oxygen atoms in total. The maximum absolute atomic E-state index is 12.2. The molecule has 1 fully saturated rings. The molecule has 1 unspecified atom stereocenters. The van der Waals surface area contributed by atoms with Crippen LogP contribution in [0.25, 0.3) is 6.08 Å². The van der Waals surface area contributed by atoms with Gasteiger partial charge in [0.25, 0.3) is 5.91 Å². The van der Waals surface area contributed by atoms with E-state index in [0.717, 1.165) is 25.1 Å². The molecule has 0 bridgehead atoms. The number of methoxy groups -OCH3 is 1. The van der Waals surface area contributed by atoms with Crippen molar-refractivity contribution >= 4 is 12.0 Å². The summed E-state index contributed by atoms with van der Waals surface area (Å²) in [6.45, 7) is 5.88. The van der Waals surface area contributed by atoms with E-state index in [9.17, 15) is 4.79 Å². The second-order valence-corrected chi connectivity index (χ2v) is 5.79. The Kier molecular flexibility index (Phi) is 5.87. The number of hydrogen-bond donors (Lipinski definition) is 0. The van der Waals surface area contributed by atoms with Gasteiger partial charge in [0.05, 0.1) is 7.11 Å². The van der Waals surface area contributed by atoms with Gasteiger partial charge in [0.2, 0.25) is 0 Å². The second-order valence-electron chi connectivity index (χ2n) is 5.79. The Morgan fingerprint density at radius 1 is 1.41 bits per heavy atom. The molecule has 1 aromatic rings. The van der Waals surface area contributed by atoms with Crippen molar-refractivity contribution in [2.75, 3.05) is 26.8 Å². The van der Waals surface area contributed by atoms with E-state index < -0.39 is 0 Å². The van der Waals surface area contributed by atoms with Gasteiger partial charge in [-0.1, -0.05) is 25.1 Å². The summed E-state index contributed by atoms with van der Waals surface area (Å²) in [7, 11) is 1.61. The molecule has 0 aromatic heterocycles. The average Bonchev–Trinajstić information content (AvgIpc) is 2.53. The van der Waals surface area contributed by atoms with E-state index in [2.05, 4.69) is 6.92 Å². The Hall–Kier alpha value is -1.97. The summed E-state index contributed by atoms with van der Waals surface area (Å²) >= 11 is 0. The molecule has 1 amide bonds. The molecule has 22 heavy (non-hydrogen) atoms. The SMILES string of the molecule is C/C=C/c1ccc(OCC(=O)N2CCCC(C)C2)c(OC)c1. The van der Waals surface area contributed by atoms with Crippen LogP contribution in [0.5, 0.6) is 11.5 Å². The van der Waals surface area contributed by atoms with Crippen molar-refractivity contribution in [3.05, 3.63) is 29.8 Å². The van der Waals surface area contributed by atoms with Crippen LogP contribution in [-0.2, 0) is 4.79 Å². The first kappa shape index (κ1) is 16.4. The van der Waals surface area contributed by atoms with Gasteiger partial charge in [-0.2, -0.15) is 0 Å².